The van der Waals surface area contributed by atoms with E-state index in [1.807, 2.05) is 26.1 Å². The van der Waals surface area contributed by atoms with E-state index in [-0.39, 0.29) is 0 Å². The Bertz CT molecular complexity index is 907. The molecule has 0 unspecified atom stereocenters. The lowest BCUT2D eigenvalue weighted by atomic mass is 10.2. The molecule has 2 aromatic carbocycles. The van der Waals surface area contributed by atoms with Crippen molar-refractivity contribution in [3.8, 4) is 0 Å². The van der Waals surface area contributed by atoms with Gasteiger partial charge in [-0.1, -0.05) is 58.5 Å². The smallest absolute Gasteiger partial charge is 0.270 e. The fourth-order valence-electron chi connectivity index (χ4n) is 3.84. The second-order valence-electron chi connectivity index (χ2n) is 7.45. The maximum Gasteiger partial charge on any atom is 0.287 e. The number of alkyl halides is 2. The molecule has 0 saturated carbocycles. The summed E-state index contributed by atoms with van der Waals surface area (Å²) in [5.41, 5.74) is 1.72. The van der Waals surface area contributed by atoms with Crippen molar-refractivity contribution in [1.29, 1.82) is 0 Å². The summed E-state index contributed by atoms with van der Waals surface area (Å²) >= 11 is 37.2. The third kappa shape index (κ3) is 6.29. The third-order valence-corrected chi connectivity index (χ3v) is 10.2. The maximum atomic E-state index is 14.9. The Balaban J connectivity index is 1.99. The zero-order chi connectivity index (χ0) is 23.3. The van der Waals surface area contributed by atoms with Crippen LogP contribution >= 0.6 is 77.2 Å². The molecule has 4 nitrogen and oxygen atoms in total. The molecule has 2 aromatic rings. The van der Waals surface area contributed by atoms with E-state index in [2.05, 4.69) is 0 Å². The first-order chi connectivity index (χ1) is 15.3. The van der Waals surface area contributed by atoms with Crippen LogP contribution in [-0.4, -0.2) is 52.0 Å². The number of nitrogens with zero attached hydrogens (tertiary/aromatic N) is 3. The van der Waals surface area contributed by atoms with Crippen LogP contribution in [0.5, 0.6) is 0 Å². The van der Waals surface area contributed by atoms with E-state index < -0.39 is 7.59 Å². The van der Waals surface area contributed by atoms with Crippen LogP contribution < -0.4 is 0 Å². The van der Waals surface area contributed by atoms with Gasteiger partial charge in [-0.25, -0.2) is 14.0 Å². The number of halogens is 6. The minimum atomic E-state index is -3.22. The van der Waals surface area contributed by atoms with Crippen LogP contribution in [0.4, 0.5) is 0 Å². The van der Waals surface area contributed by atoms with Gasteiger partial charge in [-0.3, -0.25) is 4.57 Å². The molecule has 1 aliphatic rings. The van der Waals surface area contributed by atoms with Gasteiger partial charge in [0.05, 0.1) is 0 Å². The fraction of sp³-hybridized carbons (Fsp3) is 0.429. The third-order valence-electron chi connectivity index (χ3n) is 5.36. The van der Waals surface area contributed by atoms with Gasteiger partial charge in [0.2, 0.25) is 0 Å². The molecule has 0 N–H and O–H groups in total. The van der Waals surface area contributed by atoms with E-state index in [1.165, 1.54) is 0 Å². The fourth-order valence-corrected chi connectivity index (χ4v) is 8.69. The number of rotatable bonds is 9. The van der Waals surface area contributed by atoms with Gasteiger partial charge < -0.3 is 0 Å². The summed E-state index contributed by atoms with van der Waals surface area (Å²) in [4.78, 5) is 0. The predicted octanol–water partition coefficient (Wildman–Crippen LogP) is 7.90. The Labute approximate surface area is 219 Å². The first-order valence-electron chi connectivity index (χ1n) is 10.2. The monoisotopic (exact) mass is 575 g/mol. The molecule has 1 saturated heterocycles. The second-order valence-corrected chi connectivity index (χ2v) is 12.6. The molecule has 1 fully saturated rings. The van der Waals surface area contributed by atoms with Gasteiger partial charge >= 0.3 is 0 Å². The lowest BCUT2D eigenvalue weighted by molar-refractivity contribution is 0.225. The Morgan fingerprint density at radius 2 is 1.22 bits per heavy atom. The largest absolute Gasteiger partial charge is 0.287 e. The van der Waals surface area contributed by atoms with Gasteiger partial charge in [-0.15, -0.1) is 23.2 Å². The van der Waals surface area contributed by atoms with Gasteiger partial charge in [0, 0.05) is 71.1 Å². The van der Waals surface area contributed by atoms with Crippen molar-refractivity contribution in [1.82, 2.24) is 14.0 Å². The molecule has 0 aromatic heterocycles. The minimum Gasteiger partial charge on any atom is -0.270 e. The maximum absolute atomic E-state index is 14.9. The van der Waals surface area contributed by atoms with E-state index in [4.69, 9.17) is 69.6 Å². The zero-order valence-corrected chi connectivity index (χ0v) is 22.7. The average molecular weight is 578 g/mol. The van der Waals surface area contributed by atoms with Crippen LogP contribution in [-0.2, 0) is 17.7 Å². The molecule has 3 rings (SSSR count). The van der Waals surface area contributed by atoms with Crippen molar-refractivity contribution in [2.24, 2.45) is 0 Å². The summed E-state index contributed by atoms with van der Waals surface area (Å²) in [6.45, 7) is 3.03. The molecule has 11 heteroatoms. The van der Waals surface area contributed by atoms with Crippen LogP contribution in [0, 0.1) is 0 Å². The summed E-state index contributed by atoms with van der Waals surface area (Å²) in [6, 6.07) is 10.7. The molecule has 32 heavy (non-hydrogen) atoms. The minimum absolute atomic E-state index is 0.339. The van der Waals surface area contributed by atoms with Gasteiger partial charge in [-0.05, 0) is 41.8 Å². The van der Waals surface area contributed by atoms with Crippen molar-refractivity contribution in [2.75, 3.05) is 37.9 Å². The molecule has 176 valence electrons. The molecular formula is C21H24Cl6N3OP. The normalized spacial score (nSPS) is 17.2. The van der Waals surface area contributed by atoms with E-state index >= 15 is 0 Å². The van der Waals surface area contributed by atoms with E-state index in [0.717, 1.165) is 17.5 Å². The lowest BCUT2D eigenvalue weighted by Gasteiger charge is -2.48. The summed E-state index contributed by atoms with van der Waals surface area (Å²) in [7, 11) is -3.22. The zero-order valence-electron chi connectivity index (χ0n) is 17.3. The highest BCUT2D eigenvalue weighted by Gasteiger charge is 2.45. The average Bonchev–Trinajstić information content (AvgIpc) is 2.74. The van der Waals surface area contributed by atoms with E-state index in [9.17, 15) is 4.57 Å². The summed E-state index contributed by atoms with van der Waals surface area (Å²) in [5, 5.41) is 2.21. The number of benzene rings is 2. The second kappa shape index (κ2) is 12.3. The molecule has 0 spiro atoms. The van der Waals surface area contributed by atoms with Crippen LogP contribution in [0.2, 0.25) is 20.1 Å². The molecular weight excluding hydrogens is 554 g/mol. The molecule has 0 atom stereocenters. The molecule has 0 radical (unpaired) electrons. The predicted molar refractivity (Wildman–Crippen MR) is 139 cm³/mol. The quantitative estimate of drug-likeness (QED) is 0.224. The highest BCUT2D eigenvalue weighted by atomic mass is 35.5. The number of hydrogen-bond donors (Lipinski definition) is 0. The van der Waals surface area contributed by atoms with Gasteiger partial charge in [0.1, 0.15) is 0 Å². The van der Waals surface area contributed by atoms with Crippen molar-refractivity contribution in [3.63, 3.8) is 0 Å². The summed E-state index contributed by atoms with van der Waals surface area (Å²) in [5.74, 6) is 0.678. The van der Waals surface area contributed by atoms with Gasteiger partial charge in [0.25, 0.3) is 7.59 Å². The molecule has 1 aliphatic heterocycles. The lowest BCUT2D eigenvalue weighted by Crippen LogP contribution is -2.46. The molecule has 0 bridgehead atoms. The van der Waals surface area contributed by atoms with Crippen molar-refractivity contribution in [3.05, 3.63) is 67.6 Å². The topological polar surface area (TPSA) is 26.8 Å². The Kier molecular flexibility index (Phi) is 10.3. The van der Waals surface area contributed by atoms with Crippen molar-refractivity contribution < 1.29 is 4.57 Å². The molecule has 1 heterocycles. The summed E-state index contributed by atoms with van der Waals surface area (Å²) in [6.07, 6.45) is 0.843. The highest BCUT2D eigenvalue weighted by molar-refractivity contribution is 7.56. The van der Waals surface area contributed by atoms with E-state index in [1.54, 1.807) is 24.3 Å². The van der Waals surface area contributed by atoms with Crippen LogP contribution in [0.15, 0.2) is 36.4 Å². The van der Waals surface area contributed by atoms with Crippen molar-refractivity contribution in [2.45, 2.75) is 19.5 Å². The van der Waals surface area contributed by atoms with Crippen LogP contribution in [0.25, 0.3) is 0 Å². The van der Waals surface area contributed by atoms with Crippen molar-refractivity contribution >= 4 is 77.2 Å². The first kappa shape index (κ1) is 26.9. The van der Waals surface area contributed by atoms with Gasteiger partial charge in [0.15, 0.2) is 0 Å². The van der Waals surface area contributed by atoms with E-state index in [0.29, 0.717) is 71.1 Å². The SMILES string of the molecule is O=P1(N(CCCl)CCCl)N(Cc2ccc(Cl)cc2Cl)CCCN1Cc1ccc(Cl)cc1Cl. The highest BCUT2D eigenvalue weighted by Crippen LogP contribution is 2.60. The standard InChI is InChI=1S/C21H24Cl6N3OP/c22-6-10-28(11-7-23)32(31)29(14-16-2-4-18(24)12-20(16)26)8-1-9-30(32)15-17-3-5-19(25)13-21(17)27/h2-5,12-13H,1,6-11,14-15H2. The van der Waals surface area contributed by atoms with Crippen LogP contribution in [0.1, 0.15) is 17.5 Å². The molecule has 0 amide bonds. The number of hydrogen-bond acceptors (Lipinski definition) is 1. The van der Waals surface area contributed by atoms with Gasteiger partial charge in [-0.2, -0.15) is 0 Å². The first-order valence-corrected chi connectivity index (χ1v) is 14.3. The Morgan fingerprint density at radius 1 is 0.781 bits per heavy atom. The molecule has 0 aliphatic carbocycles. The Hall–Kier alpha value is 0.290. The van der Waals surface area contributed by atoms with Crippen LogP contribution in [0.3, 0.4) is 0 Å². The summed E-state index contributed by atoms with van der Waals surface area (Å²) < 4.78 is 20.8. The Morgan fingerprint density at radius 3 is 1.59 bits per heavy atom.